The first-order valence-electron chi connectivity index (χ1n) is 6.88. The van der Waals surface area contributed by atoms with Crippen molar-refractivity contribution in [3.63, 3.8) is 0 Å². The van der Waals surface area contributed by atoms with E-state index >= 15 is 0 Å². The molecule has 3 nitrogen and oxygen atoms in total. The number of nitrogens with zero attached hydrogens (tertiary/aromatic N) is 2. The Hall–Kier alpha value is -1.38. The van der Waals surface area contributed by atoms with Crippen LogP contribution in [0.4, 0.5) is 0 Å². The summed E-state index contributed by atoms with van der Waals surface area (Å²) in [6.07, 6.45) is 5.44. The Morgan fingerprint density at radius 2 is 1.78 bits per heavy atom. The molecule has 0 radical (unpaired) electrons. The number of likely N-dealkylation sites (N-methyl/N-ethyl adjacent to an activating group) is 1. The smallest absolute Gasteiger partial charge is 0.273 e. The first kappa shape index (κ1) is 19.0. The van der Waals surface area contributed by atoms with Crippen molar-refractivity contribution in [3.05, 3.63) is 23.9 Å². The Bertz CT molecular complexity index is 314. The van der Waals surface area contributed by atoms with E-state index in [-0.39, 0.29) is 5.91 Å². The van der Waals surface area contributed by atoms with Gasteiger partial charge >= 0.3 is 0 Å². The number of hydrogen-bond donors (Lipinski definition) is 0. The molecule has 0 aromatic rings. The summed E-state index contributed by atoms with van der Waals surface area (Å²) in [6.45, 7) is 15.2. The molecule has 1 fully saturated rings. The number of hydrogen-bond acceptors (Lipinski definition) is 2. The van der Waals surface area contributed by atoms with Crippen LogP contribution in [0.25, 0.3) is 0 Å². The maximum atomic E-state index is 11.7. The molecule has 3 heteroatoms. The number of likely N-dealkylation sites (tertiary alicyclic amines) is 1. The van der Waals surface area contributed by atoms with Gasteiger partial charge in [0.05, 0.1) is 0 Å². The Morgan fingerprint density at radius 3 is 2.17 bits per heavy atom. The fraction of sp³-hybridized carbons (Fsp3) is 0.600. The Morgan fingerprint density at radius 1 is 1.22 bits per heavy atom. The molecular weight excluding hydrogens is 224 g/mol. The average Bonchev–Trinajstić information content (AvgIpc) is 2.76. The highest BCUT2D eigenvalue weighted by Crippen LogP contribution is 2.14. The molecule has 0 aromatic heterocycles. The topological polar surface area (TPSA) is 32.7 Å². The van der Waals surface area contributed by atoms with Crippen molar-refractivity contribution in [2.75, 3.05) is 13.1 Å². The third kappa shape index (κ3) is 5.30. The van der Waals surface area contributed by atoms with Crippen LogP contribution in [-0.2, 0) is 4.79 Å². The first-order chi connectivity index (χ1) is 8.74. The molecule has 0 bridgehead atoms. The number of rotatable bonds is 2. The minimum atomic E-state index is 0.0405. The summed E-state index contributed by atoms with van der Waals surface area (Å²) in [5, 5.41) is 0. The quantitative estimate of drug-likeness (QED) is 0.735. The summed E-state index contributed by atoms with van der Waals surface area (Å²) in [6, 6.07) is 0. The Labute approximate surface area is 112 Å². The predicted molar refractivity (Wildman–Crippen MR) is 81.0 cm³/mol. The van der Waals surface area contributed by atoms with Gasteiger partial charge in [-0.05, 0) is 26.3 Å². The monoisotopic (exact) mass is 252 g/mol. The van der Waals surface area contributed by atoms with Gasteiger partial charge in [-0.15, -0.1) is 0 Å². The van der Waals surface area contributed by atoms with Crippen molar-refractivity contribution in [2.24, 2.45) is 4.99 Å². The lowest BCUT2D eigenvalue weighted by Crippen LogP contribution is -2.26. The van der Waals surface area contributed by atoms with Crippen molar-refractivity contribution in [1.29, 1.82) is 0 Å². The second-order valence-corrected chi connectivity index (χ2v) is 3.09. The van der Waals surface area contributed by atoms with Crippen LogP contribution in [0, 0.1) is 0 Å². The van der Waals surface area contributed by atoms with Gasteiger partial charge in [-0.25, -0.2) is 0 Å². The molecule has 0 unspecified atom stereocenters. The minimum absolute atomic E-state index is 0.0405. The molecule has 18 heavy (non-hydrogen) atoms. The lowest BCUT2D eigenvalue weighted by Gasteiger charge is -2.09. The maximum Gasteiger partial charge on any atom is 0.273 e. The highest BCUT2D eigenvalue weighted by molar-refractivity contribution is 6.47. The van der Waals surface area contributed by atoms with Crippen LogP contribution in [0.2, 0.25) is 0 Å². The zero-order valence-electron chi connectivity index (χ0n) is 12.9. The predicted octanol–water partition coefficient (Wildman–Crippen LogP) is 3.82. The summed E-state index contributed by atoms with van der Waals surface area (Å²) in [5.41, 5.74) is 1.61. The summed E-state index contributed by atoms with van der Waals surface area (Å²) in [5.74, 6) is 0.0405. The van der Waals surface area contributed by atoms with Crippen molar-refractivity contribution >= 4 is 11.6 Å². The van der Waals surface area contributed by atoms with Gasteiger partial charge < -0.3 is 4.90 Å². The van der Waals surface area contributed by atoms with E-state index in [9.17, 15) is 4.79 Å². The number of carbonyl (C=O) groups excluding carboxylic acids is 1. The van der Waals surface area contributed by atoms with E-state index in [1.165, 1.54) is 0 Å². The number of aliphatic imine (C=N–C) groups is 1. The summed E-state index contributed by atoms with van der Waals surface area (Å²) < 4.78 is 0. The minimum Gasteiger partial charge on any atom is -0.333 e. The third-order valence-electron chi connectivity index (χ3n) is 2.24. The molecule has 0 saturated carbocycles. The van der Waals surface area contributed by atoms with Crippen molar-refractivity contribution in [2.45, 2.75) is 48.5 Å². The largest absolute Gasteiger partial charge is 0.333 e. The zero-order valence-corrected chi connectivity index (χ0v) is 12.9. The second-order valence-electron chi connectivity index (χ2n) is 3.09. The van der Waals surface area contributed by atoms with Crippen molar-refractivity contribution in [3.8, 4) is 0 Å². The molecule has 0 spiro atoms. The summed E-state index contributed by atoms with van der Waals surface area (Å²) in [7, 11) is 0. The normalized spacial score (nSPS) is 18.8. The van der Waals surface area contributed by atoms with Crippen LogP contribution in [0.3, 0.4) is 0 Å². The Kier molecular flexibility index (Phi) is 12.7. The van der Waals surface area contributed by atoms with E-state index < -0.39 is 0 Å². The lowest BCUT2D eigenvalue weighted by molar-refractivity contribution is -0.122. The third-order valence-corrected chi connectivity index (χ3v) is 2.24. The number of amides is 1. The van der Waals surface area contributed by atoms with E-state index in [4.69, 9.17) is 0 Å². The van der Waals surface area contributed by atoms with E-state index in [2.05, 4.69) is 4.99 Å². The van der Waals surface area contributed by atoms with Crippen LogP contribution in [0.1, 0.15) is 48.5 Å². The van der Waals surface area contributed by atoms with Crippen LogP contribution >= 0.6 is 0 Å². The van der Waals surface area contributed by atoms with Crippen LogP contribution in [-0.4, -0.2) is 29.6 Å². The SMILES string of the molecule is CC.CC.C\C=C/N=C1\C(=O)N(CC)C\C1=C\C. The van der Waals surface area contributed by atoms with Crippen molar-refractivity contribution in [1.82, 2.24) is 4.90 Å². The van der Waals surface area contributed by atoms with Gasteiger partial charge in [0.1, 0.15) is 5.71 Å². The van der Waals surface area contributed by atoms with Gasteiger partial charge in [-0.2, -0.15) is 0 Å². The molecule has 1 aliphatic rings. The van der Waals surface area contributed by atoms with Crippen LogP contribution < -0.4 is 0 Å². The van der Waals surface area contributed by atoms with E-state index in [1.54, 1.807) is 11.1 Å². The number of allylic oxidation sites excluding steroid dienone is 2. The molecule has 1 heterocycles. The molecule has 1 rings (SSSR count). The Balaban J connectivity index is 0. The number of carbonyl (C=O) groups is 1. The van der Waals surface area contributed by atoms with Crippen LogP contribution in [0.5, 0.6) is 0 Å². The molecule has 0 aromatic carbocycles. The van der Waals surface area contributed by atoms with Gasteiger partial charge in [0.15, 0.2) is 0 Å². The highest BCUT2D eigenvalue weighted by atomic mass is 16.2. The van der Waals surface area contributed by atoms with Crippen LogP contribution in [0.15, 0.2) is 28.9 Å². The van der Waals surface area contributed by atoms with Gasteiger partial charge in [0.25, 0.3) is 5.91 Å². The molecule has 0 N–H and O–H groups in total. The van der Waals surface area contributed by atoms with E-state index in [0.717, 1.165) is 12.1 Å². The molecule has 0 aliphatic carbocycles. The highest BCUT2D eigenvalue weighted by Gasteiger charge is 2.29. The molecule has 1 aliphatic heterocycles. The van der Waals surface area contributed by atoms with E-state index in [0.29, 0.717) is 12.3 Å². The van der Waals surface area contributed by atoms with Gasteiger partial charge in [-0.1, -0.05) is 39.8 Å². The summed E-state index contributed by atoms with van der Waals surface area (Å²) >= 11 is 0. The van der Waals surface area contributed by atoms with Crippen molar-refractivity contribution < 1.29 is 4.79 Å². The molecule has 1 saturated heterocycles. The van der Waals surface area contributed by atoms with E-state index in [1.807, 2.05) is 60.6 Å². The fourth-order valence-corrected chi connectivity index (χ4v) is 1.41. The van der Waals surface area contributed by atoms with Gasteiger partial charge in [0, 0.05) is 19.3 Å². The average molecular weight is 252 g/mol. The molecule has 0 atom stereocenters. The standard InChI is InChI=1S/C11H16N2O.2C2H6/c1-4-7-12-10-9(5-2)8-13(6-3)11(10)14;2*1-2/h4-5,7H,6,8H2,1-3H3;2*1-2H3/b7-4-,9-5-,12-10-;;. The van der Waals surface area contributed by atoms with Gasteiger partial charge in [-0.3, -0.25) is 9.79 Å². The molecule has 104 valence electrons. The maximum absolute atomic E-state index is 11.7. The van der Waals surface area contributed by atoms with Gasteiger partial charge in [0.2, 0.25) is 0 Å². The zero-order chi connectivity index (χ0) is 14.6. The fourth-order valence-electron chi connectivity index (χ4n) is 1.41. The summed E-state index contributed by atoms with van der Waals surface area (Å²) in [4.78, 5) is 17.7. The molecular formula is C15H28N2O. The first-order valence-corrected chi connectivity index (χ1v) is 6.88. The second kappa shape index (κ2) is 12.1. The lowest BCUT2D eigenvalue weighted by atomic mass is 10.2. The molecule has 1 amide bonds.